The van der Waals surface area contributed by atoms with Gasteiger partial charge in [-0.05, 0) is 239 Å². The topological polar surface area (TPSA) is 347 Å². The summed E-state index contributed by atoms with van der Waals surface area (Å²) >= 11 is 2.33. The van der Waals surface area contributed by atoms with E-state index in [1.807, 2.05) is 55.4 Å². The molecule has 23 nitrogen and oxygen atoms in total. The van der Waals surface area contributed by atoms with Gasteiger partial charge in [-0.3, -0.25) is 62.3 Å². The Morgan fingerprint density at radius 1 is 0.275 bits per heavy atom. The van der Waals surface area contributed by atoms with Crippen molar-refractivity contribution >= 4 is 99.4 Å². The van der Waals surface area contributed by atoms with Crippen LogP contribution in [0, 0.1) is 50.2 Å². The summed E-state index contributed by atoms with van der Waals surface area (Å²) in [5, 5.41) is 26.8. The maximum Gasteiger partial charge on any atom is 0.316 e. The molecule has 0 aliphatic heterocycles. The van der Waals surface area contributed by atoms with Crippen molar-refractivity contribution in [3.05, 3.63) is 0 Å². The van der Waals surface area contributed by atoms with E-state index in [-0.39, 0.29) is 73.4 Å². The number of carbonyl (C=O) groups is 13. The van der Waals surface area contributed by atoms with Crippen LogP contribution in [0.5, 0.6) is 0 Å². The smallest absolute Gasteiger partial charge is 0.316 e. The van der Waals surface area contributed by atoms with E-state index in [0.29, 0.717) is 155 Å². The maximum absolute atomic E-state index is 12.7. The first-order chi connectivity index (χ1) is 51.0. The fourth-order valence-corrected chi connectivity index (χ4v) is 12.2. The second kappa shape index (κ2) is 63.1. The molecule has 636 valence electrons. The van der Waals surface area contributed by atoms with E-state index in [9.17, 15) is 62.3 Å². The second-order valence-electron chi connectivity index (χ2n) is 32.1. The van der Waals surface area contributed by atoms with Crippen LogP contribution < -0.4 is 0 Å². The highest BCUT2D eigenvalue weighted by molar-refractivity contribution is 14.1. The summed E-state index contributed by atoms with van der Waals surface area (Å²) in [6.07, 6.45) is 24.1. The molecule has 0 radical (unpaired) electrons. The second-order valence-corrected chi connectivity index (χ2v) is 33.2. The number of rotatable bonds is 62. The molecule has 0 heterocycles. The Hall–Kier alpha value is -5.40. The summed E-state index contributed by atoms with van der Waals surface area (Å²) in [5.41, 5.74) is -3.61. The van der Waals surface area contributed by atoms with Gasteiger partial charge in [0.15, 0.2) is 0 Å². The first-order valence-electron chi connectivity index (χ1n) is 40.9. The molecule has 0 amide bonds. The number of esters is 7. The van der Waals surface area contributed by atoms with Crippen LogP contribution in [0.4, 0.5) is 0 Å². The molecule has 24 heteroatoms. The van der Waals surface area contributed by atoms with Gasteiger partial charge in [0.1, 0.15) is 40.9 Å². The molecule has 0 rings (SSSR count). The van der Waals surface area contributed by atoms with Crippen molar-refractivity contribution in [2.45, 2.75) is 356 Å². The molecule has 0 saturated heterocycles. The van der Waals surface area contributed by atoms with Gasteiger partial charge in [0.25, 0.3) is 0 Å². The highest BCUT2D eigenvalue weighted by Gasteiger charge is 2.35. The van der Waals surface area contributed by atoms with Gasteiger partial charge in [-0.15, -0.1) is 0 Å². The summed E-state index contributed by atoms with van der Waals surface area (Å²) in [4.78, 5) is 156. The molecule has 0 aromatic rings. The van der Waals surface area contributed by atoms with Crippen LogP contribution in [0.2, 0.25) is 0 Å². The van der Waals surface area contributed by atoms with Crippen LogP contribution in [0.15, 0.2) is 0 Å². The molecule has 0 aliphatic rings. The fourth-order valence-electron chi connectivity index (χ4n) is 11.6. The largest absolute Gasteiger partial charge is 0.481 e. The van der Waals surface area contributed by atoms with Crippen LogP contribution in [0.3, 0.4) is 0 Å². The number of ether oxygens (including phenoxy) is 7. The van der Waals surface area contributed by atoms with E-state index in [0.717, 1.165) is 101 Å². The molecule has 0 spiro atoms. The number of carboxylic acid groups (broad SMARTS) is 2. The summed E-state index contributed by atoms with van der Waals surface area (Å²) in [7, 11) is 0. The number of halogens is 1. The molecule has 0 aliphatic carbocycles. The highest BCUT2D eigenvalue weighted by atomic mass is 127. The third-order valence-electron chi connectivity index (χ3n) is 19.4. The lowest BCUT2D eigenvalue weighted by molar-refractivity contribution is -0.154. The number of unbranched alkanes of at least 4 members (excludes halogenated alkanes) is 13. The number of aliphatic carboxylic acids is 2. The number of aliphatic hydroxyl groups is 1. The Morgan fingerprint density at radius 3 is 0.706 bits per heavy atom. The van der Waals surface area contributed by atoms with Gasteiger partial charge in [-0.25, -0.2) is 0 Å². The average molecular weight is 1670 g/mol. The van der Waals surface area contributed by atoms with Crippen molar-refractivity contribution in [1.29, 1.82) is 0 Å². The third-order valence-corrected chi connectivity index (χ3v) is 20.1. The van der Waals surface area contributed by atoms with Crippen LogP contribution in [0.25, 0.3) is 0 Å². The van der Waals surface area contributed by atoms with E-state index >= 15 is 0 Å². The number of alkyl halides is 1. The van der Waals surface area contributed by atoms with Crippen molar-refractivity contribution in [3.63, 3.8) is 0 Å². The molecular formula is C85H151IO23. The predicted octanol–water partition coefficient (Wildman–Crippen LogP) is 18.4. The van der Waals surface area contributed by atoms with Gasteiger partial charge >= 0.3 is 53.7 Å². The van der Waals surface area contributed by atoms with Crippen molar-refractivity contribution in [2.75, 3.05) is 57.3 Å². The standard InChI is InChI=1S/C26H46O7.C20H35IO5.C20H36O6.C19H34O5/c1-8-31-22(28)20(16-13-15-19-26(6,7)24(30)33-10-3)21(27)17-12-11-14-18-25(4,5)23(29)32-9-2;2*1-5-25-18(23)16(17(22)13-8-7-11-15-21)12-9-10-14-20(3,4)19(24)26-6-2;1-18(2,16(21)22)13-9-5-7-11-15(20)12-8-6-10-14-19(3,4)17(23)24/h20H,8-19H2,1-7H3;16H,5-15H2,1-4H3;16,21H,5-15H2,1-4H3;5-14H2,1-4H3,(H,21,22)(H,23,24). The first-order valence-corrected chi connectivity index (χ1v) is 42.5. The molecule has 109 heavy (non-hydrogen) atoms. The molecule has 3 atom stereocenters. The molecule has 3 N–H and O–H groups in total. The van der Waals surface area contributed by atoms with Crippen molar-refractivity contribution < 1.29 is 111 Å². The van der Waals surface area contributed by atoms with Gasteiger partial charge in [-0.2, -0.15) is 0 Å². The Morgan fingerprint density at radius 2 is 0.486 bits per heavy atom. The minimum absolute atomic E-state index is 0.0124. The minimum atomic E-state index is -0.773. The van der Waals surface area contributed by atoms with Gasteiger partial charge < -0.3 is 48.5 Å². The summed E-state index contributed by atoms with van der Waals surface area (Å²) < 4.78 is 36.7. The molecule has 0 aromatic carbocycles. The van der Waals surface area contributed by atoms with Crippen molar-refractivity contribution in [3.8, 4) is 0 Å². The monoisotopic (exact) mass is 1670 g/mol. The van der Waals surface area contributed by atoms with Crippen LogP contribution in [0.1, 0.15) is 356 Å². The number of carbonyl (C=O) groups excluding carboxylic acids is 11. The third kappa shape index (κ3) is 54.1. The molecule has 0 bridgehead atoms. The van der Waals surface area contributed by atoms with Crippen LogP contribution in [-0.4, -0.2) is 149 Å². The number of hydrogen-bond donors (Lipinski definition) is 3. The zero-order valence-corrected chi connectivity index (χ0v) is 73.4. The van der Waals surface area contributed by atoms with E-state index < -0.39 is 80.1 Å². The predicted molar refractivity (Wildman–Crippen MR) is 432 cm³/mol. The van der Waals surface area contributed by atoms with Crippen LogP contribution >= 0.6 is 22.6 Å². The Balaban J connectivity index is -0.000000679. The van der Waals surface area contributed by atoms with E-state index in [1.54, 1.807) is 76.2 Å². The lowest BCUT2D eigenvalue weighted by Crippen LogP contribution is -2.28. The Labute approximate surface area is 670 Å². The Kier molecular flexibility index (Phi) is 63.6. The number of aliphatic hydroxyl groups excluding tert-OH is 1. The normalized spacial score (nSPS) is 12.5. The van der Waals surface area contributed by atoms with Crippen molar-refractivity contribution in [2.24, 2.45) is 50.2 Å². The number of Topliss-reactive ketones (excluding diaryl/α,β-unsaturated/α-hetero) is 4. The zero-order valence-electron chi connectivity index (χ0n) is 71.2. The van der Waals surface area contributed by atoms with Gasteiger partial charge in [0.2, 0.25) is 0 Å². The average Bonchev–Trinajstić information content (AvgIpc) is 0.889. The fraction of sp³-hybridized carbons (Fsp3) is 0.847. The number of hydrogen-bond acceptors (Lipinski definition) is 21. The molecule has 0 saturated carbocycles. The van der Waals surface area contributed by atoms with Gasteiger partial charge in [-0.1, -0.05) is 112 Å². The van der Waals surface area contributed by atoms with Gasteiger partial charge in [0, 0.05) is 38.7 Å². The van der Waals surface area contributed by atoms with Gasteiger partial charge in [0.05, 0.1) is 78.7 Å². The maximum atomic E-state index is 12.7. The first kappa shape index (κ1) is 110. The van der Waals surface area contributed by atoms with Crippen molar-refractivity contribution in [1.82, 2.24) is 0 Å². The van der Waals surface area contributed by atoms with E-state index in [2.05, 4.69) is 22.6 Å². The highest BCUT2D eigenvalue weighted by Crippen LogP contribution is 2.32. The number of carboxylic acids is 2. The summed E-state index contributed by atoms with van der Waals surface area (Å²) in [6.45, 7) is 36.5. The van der Waals surface area contributed by atoms with E-state index in [4.69, 9.17) is 48.5 Å². The lowest BCUT2D eigenvalue weighted by atomic mass is 9.85. The number of ketones is 4. The quantitative estimate of drug-likeness (QED) is 0.0127. The Bertz CT molecular complexity index is 2490. The minimum Gasteiger partial charge on any atom is -0.481 e. The zero-order chi connectivity index (χ0) is 84.3. The SMILES string of the molecule is CC(C)(CCCCCC(=O)CCCCCC(C)(C)C(=O)O)C(=O)O.CCOC(=O)C(CCCCC(C)(C)C(=O)OCC)C(=O)CCCCCC(C)(C)C(=O)OCC.CCOC(=O)C(CCCCC(C)(C)C(=O)OCC)C(=O)CCCCCI.CCOC(=O)C(CCCCC(C)(C)C(=O)OCC)C(=O)CCCCCO. The van der Waals surface area contributed by atoms with Crippen LogP contribution in [-0.2, 0) is 95.5 Å². The molecular weight excluding hydrogens is 1520 g/mol. The van der Waals surface area contributed by atoms with E-state index in [1.165, 1.54) is 0 Å². The lowest BCUT2D eigenvalue weighted by Gasteiger charge is -2.22. The molecule has 3 unspecified atom stereocenters. The summed E-state index contributed by atoms with van der Waals surface area (Å²) in [6, 6.07) is 0. The summed E-state index contributed by atoms with van der Waals surface area (Å²) in [5.74, 6) is -5.81. The molecule has 0 fully saturated rings. The molecule has 0 aromatic heterocycles.